The van der Waals surface area contributed by atoms with Crippen LogP contribution in [0.15, 0.2) is 78.4 Å². The molecule has 0 spiro atoms. The fourth-order valence-electron chi connectivity index (χ4n) is 3.56. The quantitative estimate of drug-likeness (QED) is 0.550. The van der Waals surface area contributed by atoms with Gasteiger partial charge in [-0.1, -0.05) is 36.4 Å². The number of benzene rings is 3. The Labute approximate surface area is 168 Å². The van der Waals surface area contributed by atoms with Gasteiger partial charge in [0.05, 0.1) is 6.42 Å². The van der Waals surface area contributed by atoms with Gasteiger partial charge in [-0.25, -0.2) is 4.39 Å². The lowest BCUT2D eigenvalue weighted by Gasteiger charge is -2.07. The van der Waals surface area contributed by atoms with Crippen LogP contribution < -0.4 is 4.74 Å². The molecule has 0 saturated heterocycles. The summed E-state index contributed by atoms with van der Waals surface area (Å²) in [5.74, 6) is 0.190. The zero-order valence-electron chi connectivity index (χ0n) is 15.9. The molecule has 4 heteroatoms. The lowest BCUT2D eigenvalue weighted by molar-refractivity contribution is -0.135. The maximum Gasteiger partial charge on any atom is 0.307 e. The topological polar surface area (TPSA) is 46.5 Å². The Morgan fingerprint density at radius 2 is 1.66 bits per heavy atom. The smallest absolute Gasteiger partial charge is 0.307 e. The molecular weight excluding hydrogens is 367 g/mol. The van der Waals surface area contributed by atoms with E-state index in [9.17, 15) is 14.3 Å². The minimum Gasteiger partial charge on any atom is -0.481 e. The van der Waals surface area contributed by atoms with Gasteiger partial charge in [-0.05, 0) is 82.8 Å². The van der Waals surface area contributed by atoms with Crippen LogP contribution in [0.1, 0.15) is 30.0 Å². The molecule has 0 aromatic heterocycles. The summed E-state index contributed by atoms with van der Waals surface area (Å²) in [5.41, 5.74) is 4.88. The number of hydrogen-bond acceptors (Lipinski definition) is 2. The zero-order valence-corrected chi connectivity index (χ0v) is 15.9. The van der Waals surface area contributed by atoms with E-state index in [1.54, 1.807) is 6.07 Å². The maximum absolute atomic E-state index is 13.8. The summed E-state index contributed by atoms with van der Waals surface area (Å²) in [4.78, 5) is 11.3. The number of halogens is 1. The Morgan fingerprint density at radius 3 is 2.34 bits per heavy atom. The number of rotatable bonds is 5. The minimum atomic E-state index is -0.932. The van der Waals surface area contributed by atoms with E-state index in [1.807, 2.05) is 67.6 Å². The molecule has 0 heterocycles. The molecule has 0 fully saturated rings. The van der Waals surface area contributed by atoms with Gasteiger partial charge < -0.3 is 9.84 Å². The Bertz CT molecular complexity index is 1130. The summed E-state index contributed by atoms with van der Waals surface area (Å²) >= 11 is 0. The Hall–Kier alpha value is -3.66. The molecule has 29 heavy (non-hydrogen) atoms. The highest BCUT2D eigenvalue weighted by atomic mass is 19.1. The van der Waals surface area contributed by atoms with Gasteiger partial charge in [0.2, 0.25) is 0 Å². The van der Waals surface area contributed by atoms with Gasteiger partial charge in [0.1, 0.15) is 17.3 Å². The number of hydrogen-bond donors (Lipinski definition) is 1. The SMILES string of the molecule is CC1=C(CC(=O)O)c2cc(F)ccc2/C1=C\c1ccc(Oc2ccccc2)cc1. The van der Waals surface area contributed by atoms with E-state index in [0.29, 0.717) is 11.1 Å². The van der Waals surface area contributed by atoms with Crippen molar-refractivity contribution < 1.29 is 19.0 Å². The second-order valence-electron chi connectivity index (χ2n) is 6.91. The van der Waals surface area contributed by atoms with E-state index in [1.165, 1.54) is 12.1 Å². The van der Waals surface area contributed by atoms with Gasteiger partial charge in [0, 0.05) is 0 Å². The first kappa shape index (κ1) is 18.7. The van der Waals surface area contributed by atoms with Gasteiger partial charge in [-0.2, -0.15) is 0 Å². The second kappa shape index (κ2) is 7.76. The molecule has 0 radical (unpaired) electrons. The molecule has 0 bridgehead atoms. The number of ether oxygens (including phenoxy) is 1. The Kier molecular flexibility index (Phi) is 5.00. The molecule has 1 aliphatic rings. The first-order chi connectivity index (χ1) is 14.0. The molecule has 1 aliphatic carbocycles. The molecular formula is C25H19FO3. The van der Waals surface area contributed by atoms with Crippen LogP contribution in [0.25, 0.3) is 17.2 Å². The number of allylic oxidation sites excluding steroid dienone is 2. The van der Waals surface area contributed by atoms with E-state index >= 15 is 0 Å². The molecule has 0 atom stereocenters. The lowest BCUT2D eigenvalue weighted by Crippen LogP contribution is -1.97. The van der Waals surface area contributed by atoms with Gasteiger partial charge >= 0.3 is 5.97 Å². The van der Waals surface area contributed by atoms with Crippen molar-refractivity contribution in [2.75, 3.05) is 0 Å². The molecule has 144 valence electrons. The van der Waals surface area contributed by atoms with Crippen LogP contribution in [-0.2, 0) is 4.79 Å². The van der Waals surface area contributed by atoms with Crippen molar-refractivity contribution in [1.29, 1.82) is 0 Å². The molecule has 1 N–H and O–H groups in total. The van der Waals surface area contributed by atoms with Crippen LogP contribution >= 0.6 is 0 Å². The van der Waals surface area contributed by atoms with E-state index in [4.69, 9.17) is 4.74 Å². The van der Waals surface area contributed by atoms with Crippen molar-refractivity contribution in [3.05, 3.63) is 101 Å². The minimum absolute atomic E-state index is 0.135. The van der Waals surface area contributed by atoms with Gasteiger partial charge in [0.25, 0.3) is 0 Å². The number of carboxylic acid groups (broad SMARTS) is 1. The van der Waals surface area contributed by atoms with Gasteiger partial charge in [-0.3, -0.25) is 4.79 Å². The summed E-state index contributed by atoms with van der Waals surface area (Å²) in [7, 11) is 0. The number of para-hydroxylation sites is 1. The first-order valence-corrected chi connectivity index (χ1v) is 9.28. The van der Waals surface area contributed by atoms with Crippen molar-refractivity contribution >= 4 is 23.2 Å². The molecule has 0 amide bonds. The van der Waals surface area contributed by atoms with E-state index < -0.39 is 5.97 Å². The summed E-state index contributed by atoms with van der Waals surface area (Å²) in [6, 6.07) is 21.7. The summed E-state index contributed by atoms with van der Waals surface area (Å²) in [6.45, 7) is 1.88. The van der Waals surface area contributed by atoms with Gasteiger partial charge in [0.15, 0.2) is 0 Å². The van der Waals surface area contributed by atoms with Crippen LogP contribution in [0.2, 0.25) is 0 Å². The first-order valence-electron chi connectivity index (χ1n) is 9.28. The third kappa shape index (κ3) is 3.97. The highest BCUT2D eigenvalue weighted by Crippen LogP contribution is 2.43. The highest BCUT2D eigenvalue weighted by Gasteiger charge is 2.25. The van der Waals surface area contributed by atoms with E-state index in [-0.39, 0.29) is 12.2 Å². The molecule has 3 aromatic rings. The normalized spacial score (nSPS) is 14.2. The number of aliphatic carboxylic acids is 1. The van der Waals surface area contributed by atoms with Crippen molar-refractivity contribution in [1.82, 2.24) is 0 Å². The molecule has 0 aliphatic heterocycles. The number of carbonyl (C=O) groups is 1. The molecule has 0 unspecified atom stereocenters. The fourth-order valence-corrected chi connectivity index (χ4v) is 3.56. The van der Waals surface area contributed by atoms with Crippen LogP contribution in [0, 0.1) is 5.82 Å². The predicted molar refractivity (Wildman–Crippen MR) is 112 cm³/mol. The Morgan fingerprint density at radius 1 is 0.966 bits per heavy atom. The van der Waals surface area contributed by atoms with Crippen LogP contribution in [0.5, 0.6) is 11.5 Å². The molecule has 4 rings (SSSR count). The monoisotopic (exact) mass is 386 g/mol. The van der Waals surface area contributed by atoms with E-state index in [2.05, 4.69) is 0 Å². The number of carboxylic acids is 1. The van der Waals surface area contributed by atoms with Crippen LogP contribution in [-0.4, -0.2) is 11.1 Å². The van der Waals surface area contributed by atoms with E-state index in [0.717, 1.165) is 33.8 Å². The largest absolute Gasteiger partial charge is 0.481 e. The Balaban J connectivity index is 1.67. The fraction of sp³-hybridized carbons (Fsp3) is 0.0800. The third-order valence-corrected chi connectivity index (χ3v) is 4.95. The van der Waals surface area contributed by atoms with Crippen molar-refractivity contribution in [3.8, 4) is 11.5 Å². The van der Waals surface area contributed by atoms with Crippen molar-refractivity contribution in [2.45, 2.75) is 13.3 Å². The van der Waals surface area contributed by atoms with Crippen molar-refractivity contribution in [3.63, 3.8) is 0 Å². The average molecular weight is 386 g/mol. The second-order valence-corrected chi connectivity index (χ2v) is 6.91. The molecule has 3 nitrogen and oxygen atoms in total. The summed E-state index contributed by atoms with van der Waals surface area (Å²) in [6.07, 6.45) is 1.86. The summed E-state index contributed by atoms with van der Waals surface area (Å²) < 4.78 is 19.6. The number of fused-ring (bicyclic) bond motifs is 1. The maximum atomic E-state index is 13.8. The lowest BCUT2D eigenvalue weighted by atomic mass is 10.0. The van der Waals surface area contributed by atoms with Crippen LogP contribution in [0.4, 0.5) is 4.39 Å². The molecule has 0 saturated carbocycles. The third-order valence-electron chi connectivity index (χ3n) is 4.95. The van der Waals surface area contributed by atoms with Crippen LogP contribution in [0.3, 0.4) is 0 Å². The highest BCUT2D eigenvalue weighted by molar-refractivity contribution is 6.07. The van der Waals surface area contributed by atoms with Crippen molar-refractivity contribution in [2.24, 2.45) is 0 Å². The summed E-state index contributed by atoms with van der Waals surface area (Å²) in [5, 5.41) is 9.25. The zero-order chi connectivity index (χ0) is 20.4. The van der Waals surface area contributed by atoms with Gasteiger partial charge in [-0.15, -0.1) is 0 Å². The predicted octanol–water partition coefficient (Wildman–Crippen LogP) is 6.42. The molecule has 3 aromatic carbocycles. The standard InChI is InChI=1S/C25H19FO3/c1-16-22(21-12-9-18(26)14-24(21)23(16)15-25(27)28)13-17-7-10-20(11-8-17)29-19-5-3-2-4-6-19/h2-14H,15H2,1H3,(H,27,28)/b22-13-. The average Bonchev–Trinajstić information content (AvgIpc) is 2.95.